The molecule has 2 fully saturated rings. The summed E-state index contributed by atoms with van der Waals surface area (Å²) in [5.74, 6) is 1.15. The van der Waals surface area contributed by atoms with Gasteiger partial charge in [-0.3, -0.25) is 24.7 Å². The van der Waals surface area contributed by atoms with Crippen molar-refractivity contribution in [3.05, 3.63) is 93.9 Å². The van der Waals surface area contributed by atoms with Crippen LogP contribution in [0, 0.1) is 25.6 Å². The lowest BCUT2D eigenvalue weighted by molar-refractivity contribution is -0.137. The molecule has 4 aliphatic heterocycles. The molecule has 2 saturated heterocycles. The highest BCUT2D eigenvalue weighted by Crippen LogP contribution is 2.35. The fourth-order valence-corrected chi connectivity index (χ4v) is 8.95. The van der Waals surface area contributed by atoms with Crippen LogP contribution in [0.1, 0.15) is 59.1 Å². The Morgan fingerprint density at radius 1 is 0.873 bits per heavy atom. The van der Waals surface area contributed by atoms with E-state index in [1.165, 1.54) is 11.1 Å². The molecule has 6 heterocycles. The van der Waals surface area contributed by atoms with Crippen molar-refractivity contribution in [1.29, 1.82) is 0 Å². The number of aryl methyl sites for hydroxylation is 3. The monoisotopic (exact) mass is 742 g/mol. The molecule has 0 aliphatic carbocycles. The van der Waals surface area contributed by atoms with Crippen LogP contribution in [0.15, 0.2) is 54.7 Å². The number of carbonyl (C=O) groups is 2. The summed E-state index contributed by atoms with van der Waals surface area (Å²) in [6, 6.07) is 16.1. The van der Waals surface area contributed by atoms with Crippen LogP contribution in [0.3, 0.4) is 0 Å². The predicted molar refractivity (Wildman–Crippen MR) is 211 cm³/mol. The lowest BCUT2D eigenvalue weighted by Crippen LogP contribution is -2.50. The third-order valence-corrected chi connectivity index (χ3v) is 12.0. The van der Waals surface area contributed by atoms with Crippen LogP contribution >= 0.6 is 0 Å². The van der Waals surface area contributed by atoms with Gasteiger partial charge in [0.1, 0.15) is 5.82 Å². The third-order valence-electron chi connectivity index (χ3n) is 12.0. The Kier molecular flexibility index (Phi) is 9.21. The quantitative estimate of drug-likeness (QED) is 0.163. The molecule has 2 amide bonds. The van der Waals surface area contributed by atoms with E-state index < -0.39 is 0 Å². The number of nitrogens with one attached hydrogen (secondary N) is 3. The van der Waals surface area contributed by atoms with Crippen LogP contribution in [0.5, 0.6) is 0 Å². The van der Waals surface area contributed by atoms with E-state index in [-0.39, 0.29) is 23.7 Å². The first-order valence-electron chi connectivity index (χ1n) is 19.4. The summed E-state index contributed by atoms with van der Waals surface area (Å²) >= 11 is 0. The van der Waals surface area contributed by atoms with Crippen molar-refractivity contribution in [2.45, 2.75) is 71.6 Å². The Hall–Kier alpha value is -5.40. The van der Waals surface area contributed by atoms with Crippen molar-refractivity contribution in [2.24, 2.45) is 13.0 Å². The molecule has 0 radical (unpaired) electrons. The van der Waals surface area contributed by atoms with Gasteiger partial charge in [0.05, 0.1) is 17.1 Å². The van der Waals surface area contributed by atoms with E-state index in [2.05, 4.69) is 85.9 Å². The molecular weight excluding hydrogens is 696 g/mol. The van der Waals surface area contributed by atoms with Gasteiger partial charge in [0.25, 0.3) is 0 Å². The Balaban J connectivity index is 0.806. The van der Waals surface area contributed by atoms with Gasteiger partial charge in [-0.1, -0.05) is 24.3 Å². The number of aromatic nitrogens is 4. The molecule has 1 atom stereocenters. The Labute approximate surface area is 320 Å². The maximum atomic E-state index is 15.5. The number of para-hydroxylation sites is 1. The average Bonchev–Trinajstić information content (AvgIpc) is 3.72. The number of imide groups is 1. The first-order chi connectivity index (χ1) is 26.6. The van der Waals surface area contributed by atoms with Gasteiger partial charge < -0.3 is 15.5 Å². The summed E-state index contributed by atoms with van der Waals surface area (Å²) < 4.78 is 17.3. The number of carbonyl (C=O) groups excluding carboxylic acids is 2. The number of fused-ring (bicyclic) bond motifs is 3. The first kappa shape index (κ1) is 35.3. The van der Waals surface area contributed by atoms with Gasteiger partial charge in [-0.15, -0.1) is 0 Å². The maximum Gasteiger partial charge on any atom is 0.243 e. The zero-order valence-corrected chi connectivity index (χ0v) is 31.7. The first-order valence-corrected chi connectivity index (χ1v) is 19.4. The van der Waals surface area contributed by atoms with Crippen LogP contribution in [-0.4, -0.2) is 73.6 Å². The van der Waals surface area contributed by atoms with E-state index in [0.717, 1.165) is 102 Å². The molecule has 3 N–H and O–H groups in total. The summed E-state index contributed by atoms with van der Waals surface area (Å²) in [6.45, 7) is 9.88. The molecule has 0 spiro atoms. The number of amides is 2. The van der Waals surface area contributed by atoms with Crippen molar-refractivity contribution in [3.63, 3.8) is 0 Å². The number of benzene rings is 3. The molecule has 9 rings (SSSR count). The van der Waals surface area contributed by atoms with E-state index in [1.807, 2.05) is 19.3 Å². The second-order valence-electron chi connectivity index (χ2n) is 15.8. The molecule has 2 aromatic heterocycles. The minimum atomic E-state index is -0.348. The zero-order chi connectivity index (χ0) is 37.8. The Morgan fingerprint density at radius 2 is 1.64 bits per heavy atom. The maximum absolute atomic E-state index is 15.5. The van der Waals surface area contributed by atoms with Crippen molar-refractivity contribution in [3.8, 4) is 0 Å². The van der Waals surface area contributed by atoms with Gasteiger partial charge in [0.2, 0.25) is 17.8 Å². The molecule has 4 aliphatic rings. The predicted octanol–water partition coefficient (Wildman–Crippen LogP) is 6.00. The zero-order valence-electron chi connectivity index (χ0n) is 31.7. The topological polar surface area (TPSA) is 124 Å². The number of anilines is 5. The van der Waals surface area contributed by atoms with Crippen LogP contribution in [-0.2, 0) is 42.7 Å². The number of rotatable bonds is 8. The summed E-state index contributed by atoms with van der Waals surface area (Å²) in [5, 5.41) is 15.0. The van der Waals surface area contributed by atoms with E-state index in [1.54, 1.807) is 10.7 Å². The Morgan fingerprint density at radius 3 is 2.42 bits per heavy atom. The molecule has 55 heavy (non-hydrogen) atoms. The number of piperidine rings is 2. The van der Waals surface area contributed by atoms with Crippen LogP contribution < -0.4 is 20.9 Å². The van der Waals surface area contributed by atoms with Gasteiger partial charge in [-0.2, -0.15) is 10.1 Å². The molecule has 0 saturated carbocycles. The van der Waals surface area contributed by atoms with Gasteiger partial charge in [-0.25, -0.2) is 14.1 Å². The summed E-state index contributed by atoms with van der Waals surface area (Å²) in [4.78, 5) is 40.4. The molecule has 1 unspecified atom stereocenters. The highest BCUT2D eigenvalue weighted by Gasteiger charge is 2.36. The smallest absolute Gasteiger partial charge is 0.243 e. The second kappa shape index (κ2) is 14.3. The number of hydrogen-bond acceptors (Lipinski definition) is 10. The van der Waals surface area contributed by atoms with Crippen LogP contribution in [0.4, 0.5) is 33.2 Å². The minimum absolute atomic E-state index is 0.194. The van der Waals surface area contributed by atoms with Gasteiger partial charge in [0, 0.05) is 76.9 Å². The lowest BCUT2D eigenvalue weighted by Gasteiger charge is -2.37. The fraction of sp³-hybridized carbons (Fsp3) is 0.405. The largest absolute Gasteiger partial charge is 0.369 e. The van der Waals surface area contributed by atoms with Gasteiger partial charge >= 0.3 is 0 Å². The summed E-state index contributed by atoms with van der Waals surface area (Å²) in [7, 11) is 1.90. The molecule has 3 aromatic carbocycles. The van der Waals surface area contributed by atoms with E-state index in [4.69, 9.17) is 10.1 Å². The summed E-state index contributed by atoms with van der Waals surface area (Å²) in [6.07, 6.45) is 5.72. The molecular formula is C42H47FN10O2. The van der Waals surface area contributed by atoms with Gasteiger partial charge in [-0.05, 0) is 103 Å². The highest BCUT2D eigenvalue weighted by molar-refractivity contribution is 6.00. The molecule has 12 nitrogen and oxygen atoms in total. The summed E-state index contributed by atoms with van der Waals surface area (Å²) in [5.41, 5.74) is 10.4. The van der Waals surface area contributed by atoms with Crippen molar-refractivity contribution in [2.75, 3.05) is 41.7 Å². The fourth-order valence-electron chi connectivity index (χ4n) is 8.95. The van der Waals surface area contributed by atoms with Crippen LogP contribution in [0.2, 0.25) is 0 Å². The standard InChI is InChI=1S/C42H47FN10O2/c1-25-5-4-6-26(2)38(25)47-39-33-20-44-42(48-40(33)50(3)49-39)45-32-8-7-28-13-14-51(22-29(28)17-32)21-27-11-15-52(16-12-27)36-19-31-24-53(23-30(31)18-34(36)43)35-9-10-37(54)46-41(35)55/h4-8,17-20,27,35H,9-16,21-24H2,1-3H3,(H,47,49)(H,44,45,48)(H,46,54,55). The van der Waals surface area contributed by atoms with E-state index >= 15 is 4.39 Å². The number of halogens is 1. The molecule has 0 bridgehead atoms. The van der Waals surface area contributed by atoms with Crippen LogP contribution in [0.25, 0.3) is 11.0 Å². The normalized spacial score (nSPS) is 19.4. The lowest BCUT2D eigenvalue weighted by atomic mass is 9.93. The van der Waals surface area contributed by atoms with Gasteiger partial charge in [0.15, 0.2) is 11.5 Å². The van der Waals surface area contributed by atoms with E-state index in [0.29, 0.717) is 43.5 Å². The van der Waals surface area contributed by atoms with Crippen molar-refractivity contribution >= 4 is 51.7 Å². The SMILES string of the molecule is Cc1cccc(C)c1Nc1nn(C)c2nc(Nc3ccc4c(c3)CN(CC3CCN(c5cc6c(cc5F)CN(C5CCC(=O)NC5=O)C6)CC3)CC4)ncc12. The molecule has 284 valence electrons. The number of nitrogens with zero attached hydrogens (tertiary/aromatic N) is 7. The second-order valence-corrected chi connectivity index (χ2v) is 15.8. The molecule has 13 heteroatoms. The van der Waals surface area contributed by atoms with E-state index in [9.17, 15) is 9.59 Å². The Bertz CT molecular complexity index is 2300. The minimum Gasteiger partial charge on any atom is -0.369 e. The average molecular weight is 743 g/mol. The molecule has 5 aromatic rings. The van der Waals surface area contributed by atoms with Crippen molar-refractivity contribution < 1.29 is 14.0 Å². The third kappa shape index (κ3) is 7.02. The van der Waals surface area contributed by atoms with Crippen molar-refractivity contribution in [1.82, 2.24) is 34.9 Å². The highest BCUT2D eigenvalue weighted by atomic mass is 19.1. The number of hydrogen-bond donors (Lipinski definition) is 3.